The van der Waals surface area contributed by atoms with E-state index < -0.39 is 36.0 Å². The molecule has 6 rings (SSSR count). The Hall–Kier alpha value is -3.44. The van der Waals surface area contributed by atoms with Crippen LogP contribution in [0.15, 0.2) is 64.3 Å². The van der Waals surface area contributed by atoms with E-state index in [0.29, 0.717) is 17.9 Å². The minimum Gasteiger partial charge on any atom is -0.497 e. The second kappa shape index (κ2) is 11.4. The van der Waals surface area contributed by atoms with Crippen LogP contribution in [0.3, 0.4) is 0 Å². The minimum atomic E-state index is -0.761. The molecule has 41 heavy (non-hydrogen) atoms. The first-order valence-electron chi connectivity index (χ1n) is 14.1. The Morgan fingerprint density at radius 1 is 0.878 bits per heavy atom. The third kappa shape index (κ3) is 5.44. The van der Waals surface area contributed by atoms with Crippen molar-refractivity contribution in [3.05, 3.63) is 92.3 Å². The third-order valence-electron chi connectivity index (χ3n) is 8.20. The third-order valence-corrected chi connectivity index (χ3v) is 8.20. The summed E-state index contributed by atoms with van der Waals surface area (Å²) in [5.41, 5.74) is 1.45. The molecule has 1 spiro atoms. The largest absolute Gasteiger partial charge is 0.497 e. The fraction of sp³-hybridized carbons (Fsp3) is 0.484. The van der Waals surface area contributed by atoms with E-state index in [1.807, 2.05) is 36.4 Å². The molecule has 3 heterocycles. The topological polar surface area (TPSA) is 99.4 Å². The summed E-state index contributed by atoms with van der Waals surface area (Å²) in [5.74, 6) is 0.820. The Labute approximate surface area is 238 Å². The number of benzene rings is 2. The zero-order valence-electron chi connectivity index (χ0n) is 23.6. The van der Waals surface area contributed by atoms with Gasteiger partial charge in [-0.1, -0.05) is 24.3 Å². The molecular formula is C31H36N2O8. The summed E-state index contributed by atoms with van der Waals surface area (Å²) in [5, 5.41) is 0. The zero-order valence-corrected chi connectivity index (χ0v) is 23.6. The number of rotatable bonds is 9. The summed E-state index contributed by atoms with van der Waals surface area (Å²) in [6.45, 7) is 2.49. The van der Waals surface area contributed by atoms with E-state index in [4.69, 9.17) is 28.4 Å². The zero-order chi connectivity index (χ0) is 28.6. The molecule has 0 radical (unpaired) electrons. The SMILES string of the molecule is COc1ccc(COC[C@H]2O[C@@H](n3cc(C)c(=O)n(Cc4ccc(OC)cc4)c3=O)[C@@H]3OC4(CCCC4)O[C@@H]32)cc1. The van der Waals surface area contributed by atoms with Gasteiger partial charge in [0.25, 0.3) is 5.56 Å². The fourth-order valence-corrected chi connectivity index (χ4v) is 6.02. The van der Waals surface area contributed by atoms with Crippen LogP contribution in [-0.4, -0.2) is 54.1 Å². The molecule has 4 atom stereocenters. The highest BCUT2D eigenvalue weighted by Gasteiger charge is 2.59. The molecular weight excluding hydrogens is 528 g/mol. The molecule has 1 aliphatic carbocycles. The maximum atomic E-state index is 13.8. The molecule has 1 aromatic heterocycles. The lowest BCUT2D eigenvalue weighted by Gasteiger charge is -2.28. The molecule has 3 aromatic rings. The van der Waals surface area contributed by atoms with Crippen LogP contribution >= 0.6 is 0 Å². The van der Waals surface area contributed by atoms with Crippen LogP contribution in [0.5, 0.6) is 11.5 Å². The smallest absolute Gasteiger partial charge is 0.333 e. The molecule has 2 saturated heterocycles. The van der Waals surface area contributed by atoms with Crippen molar-refractivity contribution in [1.82, 2.24) is 9.13 Å². The molecule has 10 heteroatoms. The predicted molar refractivity (Wildman–Crippen MR) is 149 cm³/mol. The van der Waals surface area contributed by atoms with E-state index in [-0.39, 0.29) is 18.7 Å². The van der Waals surface area contributed by atoms with E-state index in [0.717, 1.165) is 42.6 Å². The van der Waals surface area contributed by atoms with Gasteiger partial charge in [-0.15, -0.1) is 0 Å². The molecule has 2 aliphatic heterocycles. The average molecular weight is 565 g/mol. The van der Waals surface area contributed by atoms with Crippen molar-refractivity contribution in [3.8, 4) is 11.5 Å². The normalized spacial score (nSPS) is 24.6. The van der Waals surface area contributed by atoms with E-state index in [9.17, 15) is 9.59 Å². The van der Waals surface area contributed by atoms with Gasteiger partial charge in [-0.3, -0.25) is 13.9 Å². The number of fused-ring (bicyclic) bond motifs is 1. The number of hydrogen-bond donors (Lipinski definition) is 0. The molecule has 10 nitrogen and oxygen atoms in total. The highest BCUT2D eigenvalue weighted by Crippen LogP contribution is 2.49. The monoisotopic (exact) mass is 564 g/mol. The standard InChI is InChI=1S/C31H36N2O8/c1-20-16-33(30(35)32(28(20)34)17-21-6-10-23(36-2)11-7-21)29-27-26(40-31(41-27)14-4-5-15-31)25(39-29)19-38-18-22-8-12-24(37-3)13-9-22/h6-13,16,25-27,29H,4-5,14-15,17-19H2,1-3H3/t25-,26-,27-,29-/m1/s1. The fourth-order valence-electron chi connectivity index (χ4n) is 6.02. The first-order chi connectivity index (χ1) is 19.9. The van der Waals surface area contributed by atoms with Gasteiger partial charge in [0.2, 0.25) is 0 Å². The number of methoxy groups -OCH3 is 2. The average Bonchev–Trinajstić information content (AvgIpc) is 3.70. The summed E-state index contributed by atoms with van der Waals surface area (Å²) >= 11 is 0. The van der Waals surface area contributed by atoms with Gasteiger partial charge in [-0.25, -0.2) is 4.79 Å². The summed E-state index contributed by atoms with van der Waals surface area (Å²) in [6.07, 6.45) is 3.11. The second-order valence-corrected chi connectivity index (χ2v) is 11.0. The minimum absolute atomic E-state index is 0.125. The van der Waals surface area contributed by atoms with Crippen molar-refractivity contribution in [3.63, 3.8) is 0 Å². The van der Waals surface area contributed by atoms with Crippen LogP contribution in [0, 0.1) is 6.92 Å². The number of hydrogen-bond acceptors (Lipinski definition) is 8. The Kier molecular flexibility index (Phi) is 7.74. The van der Waals surface area contributed by atoms with E-state index in [1.165, 1.54) is 9.13 Å². The molecule has 3 fully saturated rings. The molecule has 0 N–H and O–H groups in total. The van der Waals surface area contributed by atoms with Crippen LogP contribution < -0.4 is 20.7 Å². The van der Waals surface area contributed by atoms with E-state index in [1.54, 1.807) is 39.5 Å². The van der Waals surface area contributed by atoms with Crippen molar-refractivity contribution in [2.75, 3.05) is 20.8 Å². The molecule has 0 bridgehead atoms. The number of aryl methyl sites for hydroxylation is 1. The van der Waals surface area contributed by atoms with Gasteiger partial charge < -0.3 is 28.4 Å². The molecule has 218 valence electrons. The first-order valence-corrected chi connectivity index (χ1v) is 14.1. The number of nitrogens with zero attached hydrogens (tertiary/aromatic N) is 2. The summed E-state index contributed by atoms with van der Waals surface area (Å²) in [7, 11) is 3.23. The first kappa shape index (κ1) is 27.7. The van der Waals surface area contributed by atoms with Crippen molar-refractivity contribution >= 4 is 0 Å². The number of ether oxygens (including phenoxy) is 6. The van der Waals surface area contributed by atoms with E-state index in [2.05, 4.69) is 0 Å². The maximum Gasteiger partial charge on any atom is 0.333 e. The van der Waals surface area contributed by atoms with Gasteiger partial charge in [0.05, 0.1) is 34.0 Å². The highest BCUT2D eigenvalue weighted by molar-refractivity contribution is 5.28. The maximum absolute atomic E-state index is 13.8. The van der Waals surface area contributed by atoms with Crippen molar-refractivity contribution in [2.45, 2.75) is 76.1 Å². The lowest BCUT2D eigenvalue weighted by molar-refractivity contribution is -0.218. The van der Waals surface area contributed by atoms with Crippen LogP contribution in [-0.2, 0) is 32.1 Å². The predicted octanol–water partition coefficient (Wildman–Crippen LogP) is 3.55. The molecule has 1 saturated carbocycles. The van der Waals surface area contributed by atoms with Crippen molar-refractivity contribution in [2.24, 2.45) is 0 Å². The summed E-state index contributed by atoms with van der Waals surface area (Å²) < 4.78 is 38.8. The Morgan fingerprint density at radius 3 is 2.12 bits per heavy atom. The van der Waals surface area contributed by atoms with Gasteiger partial charge in [0.1, 0.15) is 29.8 Å². The van der Waals surface area contributed by atoms with Gasteiger partial charge in [0, 0.05) is 24.6 Å². The van der Waals surface area contributed by atoms with Crippen LogP contribution in [0.1, 0.15) is 48.6 Å². The van der Waals surface area contributed by atoms with Gasteiger partial charge in [-0.05, 0) is 55.2 Å². The quantitative estimate of drug-likeness (QED) is 0.389. The highest BCUT2D eigenvalue weighted by atomic mass is 16.8. The lowest BCUT2D eigenvalue weighted by Crippen LogP contribution is -2.44. The van der Waals surface area contributed by atoms with Crippen LogP contribution in [0.2, 0.25) is 0 Å². The van der Waals surface area contributed by atoms with Crippen molar-refractivity contribution < 1.29 is 28.4 Å². The molecule has 0 unspecified atom stereocenters. The Balaban J connectivity index is 1.26. The van der Waals surface area contributed by atoms with E-state index >= 15 is 0 Å². The van der Waals surface area contributed by atoms with Gasteiger partial charge >= 0.3 is 5.69 Å². The van der Waals surface area contributed by atoms with Crippen molar-refractivity contribution in [1.29, 1.82) is 0 Å². The van der Waals surface area contributed by atoms with Gasteiger partial charge in [0.15, 0.2) is 12.0 Å². The van der Waals surface area contributed by atoms with Gasteiger partial charge in [-0.2, -0.15) is 0 Å². The van der Waals surface area contributed by atoms with Crippen LogP contribution in [0.25, 0.3) is 0 Å². The summed E-state index contributed by atoms with van der Waals surface area (Å²) in [6, 6.07) is 15.0. The second-order valence-electron chi connectivity index (χ2n) is 11.0. The Bertz CT molecular complexity index is 1470. The molecule has 2 aromatic carbocycles. The molecule has 3 aliphatic rings. The van der Waals surface area contributed by atoms with Crippen LogP contribution in [0.4, 0.5) is 0 Å². The molecule has 0 amide bonds. The number of aromatic nitrogens is 2. The Morgan fingerprint density at radius 2 is 1.49 bits per heavy atom. The lowest BCUT2D eigenvalue weighted by atomic mass is 10.1. The summed E-state index contributed by atoms with van der Waals surface area (Å²) in [4.78, 5) is 26.9.